The second kappa shape index (κ2) is 15.9. The number of benzene rings is 4. The van der Waals surface area contributed by atoms with Crippen molar-refractivity contribution in [1.29, 1.82) is 0 Å². The number of anilines is 1. The summed E-state index contributed by atoms with van der Waals surface area (Å²) in [5, 5.41) is 14.8. The third-order valence-corrected chi connectivity index (χ3v) is 9.78. The Hall–Kier alpha value is -4.45. The summed E-state index contributed by atoms with van der Waals surface area (Å²) in [6, 6.07) is 25.4. The molecule has 246 valence electrons. The molecule has 0 aliphatic carbocycles. The van der Waals surface area contributed by atoms with E-state index in [1.54, 1.807) is 36.4 Å². The van der Waals surface area contributed by atoms with E-state index in [0.717, 1.165) is 9.87 Å². The number of hydrogen-bond donors (Lipinski definition) is 1. The van der Waals surface area contributed by atoms with Crippen molar-refractivity contribution < 1.29 is 22.9 Å². The molecule has 0 radical (unpaired) electrons. The van der Waals surface area contributed by atoms with Crippen LogP contribution in [0.15, 0.2) is 108 Å². The Morgan fingerprint density at radius 1 is 0.851 bits per heavy atom. The van der Waals surface area contributed by atoms with Gasteiger partial charge in [0.15, 0.2) is 0 Å². The van der Waals surface area contributed by atoms with E-state index in [1.165, 1.54) is 41.3 Å². The van der Waals surface area contributed by atoms with Crippen LogP contribution in [-0.4, -0.2) is 49.2 Å². The van der Waals surface area contributed by atoms with Gasteiger partial charge in [-0.25, -0.2) is 8.42 Å². The summed E-state index contributed by atoms with van der Waals surface area (Å²) in [5.74, 6) is -0.970. The van der Waals surface area contributed by atoms with Crippen LogP contribution in [0.3, 0.4) is 0 Å². The van der Waals surface area contributed by atoms with Gasteiger partial charge >= 0.3 is 0 Å². The van der Waals surface area contributed by atoms with E-state index in [0.29, 0.717) is 17.1 Å². The maximum Gasteiger partial charge on any atom is 0.269 e. The predicted octanol–water partition coefficient (Wildman–Crippen LogP) is 6.51. The van der Waals surface area contributed by atoms with Gasteiger partial charge in [-0.2, -0.15) is 0 Å². The SMILES string of the molecule is CC(C)CNC(=O)C(Cc1ccccc1)N(Cc1ccc(Cl)c(Cl)c1)C(=O)CN(c1ccc([N+](=O)[O-])cc1)S(=O)(=O)c1ccccc1. The van der Waals surface area contributed by atoms with Crippen LogP contribution in [0, 0.1) is 16.0 Å². The predicted molar refractivity (Wildman–Crippen MR) is 183 cm³/mol. The number of nitrogens with one attached hydrogen (secondary N) is 1. The van der Waals surface area contributed by atoms with Gasteiger partial charge in [-0.1, -0.05) is 91.6 Å². The van der Waals surface area contributed by atoms with E-state index < -0.39 is 39.3 Å². The Kier molecular flexibility index (Phi) is 12.0. The van der Waals surface area contributed by atoms with Crippen LogP contribution in [0.25, 0.3) is 0 Å². The fraction of sp³-hybridized carbons (Fsp3) is 0.235. The lowest BCUT2D eigenvalue weighted by Gasteiger charge is -2.34. The number of sulfonamides is 1. The maximum absolute atomic E-state index is 14.5. The number of halogens is 2. The van der Waals surface area contributed by atoms with Crippen molar-refractivity contribution in [2.24, 2.45) is 5.92 Å². The molecular formula is C34H34Cl2N4O6S. The van der Waals surface area contributed by atoms with Crippen LogP contribution >= 0.6 is 23.2 Å². The molecule has 4 aromatic carbocycles. The van der Waals surface area contributed by atoms with Crippen molar-refractivity contribution in [2.45, 2.75) is 37.8 Å². The largest absolute Gasteiger partial charge is 0.354 e. The molecule has 1 atom stereocenters. The topological polar surface area (TPSA) is 130 Å². The van der Waals surface area contributed by atoms with Crippen LogP contribution in [-0.2, 0) is 32.6 Å². The Morgan fingerprint density at radius 3 is 2.04 bits per heavy atom. The number of nitro groups is 1. The molecule has 0 heterocycles. The highest BCUT2D eigenvalue weighted by atomic mass is 35.5. The molecule has 0 bridgehead atoms. The summed E-state index contributed by atoms with van der Waals surface area (Å²) in [5.41, 5.74) is 1.14. The lowest BCUT2D eigenvalue weighted by atomic mass is 10.0. The number of non-ortho nitro benzene ring substituents is 1. The van der Waals surface area contributed by atoms with Crippen LogP contribution < -0.4 is 9.62 Å². The van der Waals surface area contributed by atoms with Crippen molar-refractivity contribution in [3.8, 4) is 0 Å². The zero-order chi connectivity index (χ0) is 34.1. The number of nitrogens with zero attached hydrogens (tertiary/aromatic N) is 3. The van der Waals surface area contributed by atoms with Crippen molar-refractivity contribution in [2.75, 3.05) is 17.4 Å². The van der Waals surface area contributed by atoms with Gasteiger partial charge in [-0.3, -0.25) is 24.0 Å². The molecule has 1 unspecified atom stereocenters. The monoisotopic (exact) mass is 696 g/mol. The molecule has 4 aromatic rings. The number of nitro benzene ring substituents is 1. The zero-order valence-corrected chi connectivity index (χ0v) is 28.1. The minimum Gasteiger partial charge on any atom is -0.354 e. The summed E-state index contributed by atoms with van der Waals surface area (Å²) in [6.07, 6.45) is 0.140. The lowest BCUT2D eigenvalue weighted by Crippen LogP contribution is -2.53. The van der Waals surface area contributed by atoms with E-state index >= 15 is 0 Å². The van der Waals surface area contributed by atoms with E-state index in [1.807, 2.05) is 44.2 Å². The molecule has 2 amide bonds. The first-order valence-electron chi connectivity index (χ1n) is 14.7. The van der Waals surface area contributed by atoms with Gasteiger partial charge in [0.1, 0.15) is 12.6 Å². The Labute approximate surface area is 284 Å². The fourth-order valence-electron chi connectivity index (χ4n) is 4.80. The third-order valence-electron chi connectivity index (χ3n) is 7.25. The minimum atomic E-state index is -4.35. The van der Waals surface area contributed by atoms with E-state index in [9.17, 15) is 28.1 Å². The van der Waals surface area contributed by atoms with Gasteiger partial charge in [0.25, 0.3) is 15.7 Å². The summed E-state index contributed by atoms with van der Waals surface area (Å²) >= 11 is 12.5. The molecule has 0 aliphatic heterocycles. The third kappa shape index (κ3) is 9.31. The minimum absolute atomic E-state index is 0.0335. The smallest absolute Gasteiger partial charge is 0.269 e. The van der Waals surface area contributed by atoms with Gasteiger partial charge in [0, 0.05) is 31.6 Å². The van der Waals surface area contributed by atoms with Gasteiger partial charge in [0.05, 0.1) is 25.6 Å². The average molecular weight is 698 g/mol. The second-order valence-corrected chi connectivity index (χ2v) is 13.9. The van der Waals surface area contributed by atoms with Crippen LogP contribution in [0.1, 0.15) is 25.0 Å². The van der Waals surface area contributed by atoms with Gasteiger partial charge in [-0.15, -0.1) is 0 Å². The lowest BCUT2D eigenvalue weighted by molar-refractivity contribution is -0.384. The van der Waals surface area contributed by atoms with Crippen LogP contribution in [0.5, 0.6) is 0 Å². The van der Waals surface area contributed by atoms with Crippen molar-refractivity contribution in [3.05, 3.63) is 134 Å². The number of hydrogen-bond acceptors (Lipinski definition) is 6. The summed E-state index contributed by atoms with van der Waals surface area (Å²) < 4.78 is 29.0. The molecule has 4 rings (SSSR count). The Balaban J connectivity index is 1.82. The first kappa shape index (κ1) is 35.4. The van der Waals surface area contributed by atoms with Crippen molar-refractivity contribution >= 4 is 56.4 Å². The number of amides is 2. The van der Waals surface area contributed by atoms with E-state index in [-0.39, 0.29) is 40.2 Å². The summed E-state index contributed by atoms with van der Waals surface area (Å²) in [6.45, 7) is 3.44. The molecular weight excluding hydrogens is 663 g/mol. The van der Waals surface area contributed by atoms with Gasteiger partial charge in [-0.05, 0) is 53.4 Å². The van der Waals surface area contributed by atoms with Crippen molar-refractivity contribution in [3.63, 3.8) is 0 Å². The first-order valence-corrected chi connectivity index (χ1v) is 16.9. The summed E-state index contributed by atoms with van der Waals surface area (Å²) in [4.78, 5) is 40.3. The number of rotatable bonds is 14. The molecule has 0 aromatic heterocycles. The molecule has 0 fully saturated rings. The average Bonchev–Trinajstić information content (AvgIpc) is 3.06. The molecule has 0 aliphatic rings. The zero-order valence-electron chi connectivity index (χ0n) is 25.8. The van der Waals surface area contributed by atoms with Crippen LogP contribution in [0.4, 0.5) is 11.4 Å². The summed E-state index contributed by atoms with van der Waals surface area (Å²) in [7, 11) is -4.35. The fourth-order valence-corrected chi connectivity index (χ4v) is 6.56. The molecule has 0 saturated carbocycles. The highest BCUT2D eigenvalue weighted by Gasteiger charge is 2.35. The second-order valence-electron chi connectivity index (χ2n) is 11.2. The van der Waals surface area contributed by atoms with Gasteiger partial charge < -0.3 is 10.2 Å². The molecule has 0 spiro atoms. The standard InChI is InChI=1S/C34H34Cl2N4O6S/c1-24(2)21-37-34(42)32(20-25-9-5-3-6-10-25)38(22-26-13-18-30(35)31(36)19-26)33(41)23-39(27-14-16-28(17-15-27)40(43)44)47(45,46)29-11-7-4-8-12-29/h3-19,24,32H,20-23H2,1-2H3,(H,37,42). The molecule has 10 nitrogen and oxygen atoms in total. The molecule has 13 heteroatoms. The number of carbonyl (C=O) groups excluding carboxylic acids is 2. The van der Waals surface area contributed by atoms with Crippen LogP contribution in [0.2, 0.25) is 10.0 Å². The first-order chi connectivity index (χ1) is 22.4. The Morgan fingerprint density at radius 2 is 1.47 bits per heavy atom. The van der Waals surface area contributed by atoms with Gasteiger partial charge in [0.2, 0.25) is 11.8 Å². The quantitative estimate of drug-likeness (QED) is 0.118. The highest BCUT2D eigenvalue weighted by Crippen LogP contribution is 2.28. The van der Waals surface area contributed by atoms with E-state index in [4.69, 9.17) is 23.2 Å². The van der Waals surface area contributed by atoms with E-state index in [2.05, 4.69) is 5.32 Å². The Bertz CT molecular complexity index is 1810. The normalized spacial score (nSPS) is 11.9. The molecule has 47 heavy (non-hydrogen) atoms. The molecule has 1 N–H and O–H groups in total. The highest BCUT2D eigenvalue weighted by molar-refractivity contribution is 7.92. The van der Waals surface area contributed by atoms with Crippen molar-refractivity contribution in [1.82, 2.24) is 10.2 Å². The molecule has 0 saturated heterocycles. The maximum atomic E-state index is 14.5. The number of carbonyl (C=O) groups is 2.